The highest BCUT2D eigenvalue weighted by Gasteiger charge is 2.21. The molecule has 8 heteroatoms. The lowest BCUT2D eigenvalue weighted by molar-refractivity contribution is -0.127. The Balaban J connectivity index is 2.72. The van der Waals surface area contributed by atoms with Crippen molar-refractivity contribution in [1.82, 2.24) is 10.6 Å². The predicted molar refractivity (Wildman–Crippen MR) is 73.9 cm³/mol. The van der Waals surface area contributed by atoms with Gasteiger partial charge in [-0.15, -0.1) is 0 Å². The zero-order valence-corrected chi connectivity index (χ0v) is 12.2. The van der Waals surface area contributed by atoms with Gasteiger partial charge in [-0.1, -0.05) is 23.2 Å². The maximum atomic E-state index is 11.8. The summed E-state index contributed by atoms with van der Waals surface area (Å²) in [5.74, 6) is -1.56. The quantitative estimate of drug-likeness (QED) is 0.835. The predicted octanol–water partition coefficient (Wildman–Crippen LogP) is 1.99. The third kappa shape index (κ3) is 4.40. The van der Waals surface area contributed by atoms with Crippen molar-refractivity contribution >= 4 is 41.1 Å². The topological polar surface area (TPSA) is 84.5 Å². The van der Waals surface area contributed by atoms with E-state index in [1.54, 1.807) is 0 Å². The van der Waals surface area contributed by atoms with E-state index in [4.69, 9.17) is 27.9 Å². The minimum atomic E-state index is -1.16. The van der Waals surface area contributed by atoms with Crippen LogP contribution in [-0.2, 0) is 9.53 Å². The Morgan fingerprint density at radius 1 is 1.25 bits per heavy atom. The lowest BCUT2D eigenvalue weighted by Crippen LogP contribution is -2.43. The monoisotopic (exact) mass is 318 g/mol. The summed E-state index contributed by atoms with van der Waals surface area (Å²) < 4.78 is 4.91. The molecular formula is C12H12Cl2N2O4. The third-order valence-corrected chi connectivity index (χ3v) is 2.83. The molecule has 20 heavy (non-hydrogen) atoms. The van der Waals surface area contributed by atoms with E-state index in [1.165, 1.54) is 32.2 Å². The standard InChI is InChI=1S/C12H12Cl2N2O4/c1-6(10(17)16-12(19)15-2)20-11(18)8-5-7(13)3-4-9(8)14/h3-6H,1-2H3,(H2,15,16,17,19)/t6-/m0/s1. The average Bonchev–Trinajstić information content (AvgIpc) is 2.40. The van der Waals surface area contributed by atoms with Gasteiger partial charge in [0.05, 0.1) is 10.6 Å². The molecule has 3 amide bonds. The Kier molecular flexibility index (Phi) is 5.79. The first kappa shape index (κ1) is 16.3. The molecule has 0 bridgehead atoms. The van der Waals surface area contributed by atoms with Gasteiger partial charge in [-0.05, 0) is 25.1 Å². The molecule has 0 aliphatic heterocycles. The highest BCUT2D eigenvalue weighted by Crippen LogP contribution is 2.21. The number of hydrogen-bond acceptors (Lipinski definition) is 4. The molecular weight excluding hydrogens is 307 g/mol. The first-order chi connectivity index (χ1) is 9.35. The normalized spacial score (nSPS) is 11.4. The zero-order valence-electron chi connectivity index (χ0n) is 10.7. The second kappa shape index (κ2) is 7.12. The van der Waals surface area contributed by atoms with Crippen LogP contribution in [0.1, 0.15) is 17.3 Å². The maximum absolute atomic E-state index is 11.8. The van der Waals surface area contributed by atoms with Gasteiger partial charge in [0.15, 0.2) is 6.10 Å². The zero-order chi connectivity index (χ0) is 15.3. The molecule has 0 radical (unpaired) electrons. The summed E-state index contributed by atoms with van der Waals surface area (Å²) in [6.45, 7) is 1.33. The van der Waals surface area contributed by atoms with Crippen molar-refractivity contribution in [2.24, 2.45) is 0 Å². The largest absolute Gasteiger partial charge is 0.449 e. The number of carbonyl (C=O) groups excluding carboxylic acids is 3. The fraction of sp³-hybridized carbons (Fsp3) is 0.250. The molecule has 0 unspecified atom stereocenters. The molecule has 0 saturated heterocycles. The molecule has 1 aromatic rings. The summed E-state index contributed by atoms with van der Waals surface area (Å²) in [5.41, 5.74) is 0.0405. The van der Waals surface area contributed by atoms with Crippen LogP contribution >= 0.6 is 23.2 Å². The number of amides is 3. The fourth-order valence-corrected chi connectivity index (χ4v) is 1.57. The Morgan fingerprint density at radius 3 is 2.50 bits per heavy atom. The molecule has 1 rings (SSSR count). The molecule has 0 heterocycles. The smallest absolute Gasteiger partial charge is 0.340 e. The van der Waals surface area contributed by atoms with Crippen molar-refractivity contribution in [3.8, 4) is 0 Å². The number of hydrogen-bond donors (Lipinski definition) is 2. The summed E-state index contributed by atoms with van der Waals surface area (Å²) in [6.07, 6.45) is -1.16. The van der Waals surface area contributed by atoms with E-state index in [-0.39, 0.29) is 10.6 Å². The van der Waals surface area contributed by atoms with Crippen molar-refractivity contribution in [1.29, 1.82) is 0 Å². The SMILES string of the molecule is CNC(=O)NC(=O)[C@H](C)OC(=O)c1cc(Cl)ccc1Cl. The van der Waals surface area contributed by atoms with Gasteiger partial charge < -0.3 is 10.1 Å². The molecule has 0 aromatic heterocycles. The van der Waals surface area contributed by atoms with Gasteiger partial charge in [0, 0.05) is 12.1 Å². The Bertz CT molecular complexity index is 548. The van der Waals surface area contributed by atoms with Crippen molar-refractivity contribution in [3.05, 3.63) is 33.8 Å². The van der Waals surface area contributed by atoms with Crippen LogP contribution in [0.5, 0.6) is 0 Å². The van der Waals surface area contributed by atoms with Gasteiger partial charge in [-0.2, -0.15) is 0 Å². The van der Waals surface area contributed by atoms with E-state index in [0.29, 0.717) is 5.02 Å². The van der Waals surface area contributed by atoms with Crippen molar-refractivity contribution in [3.63, 3.8) is 0 Å². The van der Waals surface area contributed by atoms with E-state index in [9.17, 15) is 14.4 Å². The van der Waals surface area contributed by atoms with Gasteiger partial charge in [0.25, 0.3) is 5.91 Å². The van der Waals surface area contributed by atoms with E-state index in [1.807, 2.05) is 5.32 Å². The van der Waals surface area contributed by atoms with Crippen molar-refractivity contribution in [2.75, 3.05) is 7.05 Å². The van der Waals surface area contributed by atoms with E-state index < -0.39 is 24.0 Å². The molecule has 1 atom stereocenters. The van der Waals surface area contributed by atoms with Crippen molar-refractivity contribution in [2.45, 2.75) is 13.0 Å². The Labute approximate surface area is 125 Å². The molecule has 0 aliphatic carbocycles. The molecule has 0 saturated carbocycles. The van der Waals surface area contributed by atoms with Crippen molar-refractivity contribution < 1.29 is 19.1 Å². The van der Waals surface area contributed by atoms with E-state index in [0.717, 1.165) is 0 Å². The number of nitrogens with one attached hydrogen (secondary N) is 2. The van der Waals surface area contributed by atoms with Crippen LogP contribution in [0.25, 0.3) is 0 Å². The molecule has 2 N–H and O–H groups in total. The van der Waals surface area contributed by atoms with Crippen LogP contribution in [-0.4, -0.2) is 31.1 Å². The van der Waals surface area contributed by atoms with E-state index >= 15 is 0 Å². The number of carbonyl (C=O) groups is 3. The lowest BCUT2D eigenvalue weighted by Gasteiger charge is -2.13. The van der Waals surface area contributed by atoms with Gasteiger partial charge in [0.2, 0.25) is 0 Å². The molecule has 108 valence electrons. The minimum absolute atomic E-state index is 0.0405. The first-order valence-electron chi connectivity index (χ1n) is 5.53. The first-order valence-corrected chi connectivity index (χ1v) is 6.29. The number of esters is 1. The third-order valence-electron chi connectivity index (χ3n) is 2.27. The number of urea groups is 1. The number of benzene rings is 1. The summed E-state index contributed by atoms with van der Waals surface area (Å²) >= 11 is 11.6. The molecule has 0 aliphatic rings. The highest BCUT2D eigenvalue weighted by atomic mass is 35.5. The van der Waals surface area contributed by atoms with Gasteiger partial charge in [-0.25, -0.2) is 9.59 Å². The van der Waals surface area contributed by atoms with Gasteiger partial charge in [-0.3, -0.25) is 10.1 Å². The minimum Gasteiger partial charge on any atom is -0.449 e. The van der Waals surface area contributed by atoms with Gasteiger partial charge in [0.1, 0.15) is 0 Å². The summed E-state index contributed by atoms with van der Waals surface area (Å²) in [5, 5.41) is 4.65. The van der Waals surface area contributed by atoms with E-state index in [2.05, 4.69) is 5.32 Å². The summed E-state index contributed by atoms with van der Waals surface area (Å²) in [6, 6.07) is 3.59. The molecule has 1 aromatic carbocycles. The van der Waals surface area contributed by atoms with Crippen LogP contribution < -0.4 is 10.6 Å². The number of halogens is 2. The average molecular weight is 319 g/mol. The molecule has 0 fully saturated rings. The second-order valence-corrected chi connectivity index (χ2v) is 4.58. The summed E-state index contributed by atoms with van der Waals surface area (Å²) in [7, 11) is 1.35. The van der Waals surface area contributed by atoms with Crippen LogP contribution in [0.3, 0.4) is 0 Å². The highest BCUT2D eigenvalue weighted by molar-refractivity contribution is 6.35. The number of imide groups is 1. The number of rotatable bonds is 3. The fourth-order valence-electron chi connectivity index (χ4n) is 1.21. The Hall–Kier alpha value is -1.79. The number of ether oxygens (including phenoxy) is 1. The second-order valence-electron chi connectivity index (χ2n) is 3.74. The molecule has 0 spiro atoms. The lowest BCUT2D eigenvalue weighted by atomic mass is 10.2. The Morgan fingerprint density at radius 2 is 1.90 bits per heavy atom. The summed E-state index contributed by atoms with van der Waals surface area (Å²) in [4.78, 5) is 34.3. The van der Waals surface area contributed by atoms with Crippen LogP contribution in [0.4, 0.5) is 4.79 Å². The maximum Gasteiger partial charge on any atom is 0.340 e. The van der Waals surface area contributed by atoms with Crippen LogP contribution in [0.2, 0.25) is 10.0 Å². The molecule has 6 nitrogen and oxygen atoms in total. The van der Waals surface area contributed by atoms with Crippen LogP contribution in [0, 0.1) is 0 Å². The van der Waals surface area contributed by atoms with Gasteiger partial charge >= 0.3 is 12.0 Å². The van der Waals surface area contributed by atoms with Crippen LogP contribution in [0.15, 0.2) is 18.2 Å².